The highest BCUT2D eigenvalue weighted by Crippen LogP contribution is 2.24. The summed E-state index contributed by atoms with van der Waals surface area (Å²) in [6, 6.07) is 10.6. The fourth-order valence-electron chi connectivity index (χ4n) is 2.86. The largest absolute Gasteiger partial charge is 0.354 e. The number of likely N-dealkylation sites (tertiary alicyclic amines) is 1. The van der Waals surface area contributed by atoms with Gasteiger partial charge in [0.05, 0.1) is 12.5 Å². The number of hydrogen-bond acceptors (Lipinski definition) is 5. The molecule has 7 nitrogen and oxygen atoms in total. The smallest absolute Gasteiger partial charge is 0.227 e. The lowest BCUT2D eigenvalue weighted by Crippen LogP contribution is -2.37. The van der Waals surface area contributed by atoms with E-state index in [0.717, 1.165) is 13.1 Å². The molecular formula is C15H20N6O. The maximum atomic E-state index is 12.0. The number of nitrogens with zero attached hydrogens (tertiary/aromatic N) is 4. The Morgan fingerprint density at radius 2 is 2.05 bits per heavy atom. The van der Waals surface area contributed by atoms with Crippen LogP contribution in [0.5, 0.6) is 0 Å². The van der Waals surface area contributed by atoms with Crippen molar-refractivity contribution in [1.29, 1.82) is 0 Å². The molecule has 1 saturated heterocycles. The second-order valence-corrected chi connectivity index (χ2v) is 5.48. The number of carbonyl (C=O) groups excluding carboxylic acids is 1. The lowest BCUT2D eigenvalue weighted by Gasteiger charge is -2.28. The summed E-state index contributed by atoms with van der Waals surface area (Å²) in [6.45, 7) is 2.77. The highest BCUT2D eigenvalue weighted by atomic mass is 16.1. The van der Waals surface area contributed by atoms with Crippen molar-refractivity contribution in [3.63, 3.8) is 0 Å². The quantitative estimate of drug-likeness (QED) is 0.820. The van der Waals surface area contributed by atoms with Gasteiger partial charge in [-0.1, -0.05) is 35.5 Å². The lowest BCUT2D eigenvalue weighted by atomic mass is 10.1. The van der Waals surface area contributed by atoms with Crippen LogP contribution in [0.1, 0.15) is 30.3 Å². The van der Waals surface area contributed by atoms with Crippen LogP contribution in [-0.2, 0) is 11.2 Å². The Balaban J connectivity index is 1.61. The third kappa shape index (κ3) is 3.67. The van der Waals surface area contributed by atoms with Gasteiger partial charge in [0.2, 0.25) is 5.91 Å². The molecule has 1 aromatic carbocycles. The van der Waals surface area contributed by atoms with Gasteiger partial charge >= 0.3 is 0 Å². The van der Waals surface area contributed by atoms with Crippen LogP contribution in [0.4, 0.5) is 0 Å². The summed E-state index contributed by atoms with van der Waals surface area (Å²) < 4.78 is 0. The van der Waals surface area contributed by atoms with Crippen LogP contribution < -0.4 is 5.32 Å². The van der Waals surface area contributed by atoms with E-state index in [1.807, 2.05) is 18.2 Å². The molecule has 1 atom stereocenters. The molecule has 1 aliphatic heterocycles. The Bertz CT molecular complexity index is 579. The van der Waals surface area contributed by atoms with Crippen molar-refractivity contribution in [2.24, 2.45) is 0 Å². The van der Waals surface area contributed by atoms with E-state index < -0.39 is 0 Å². The molecule has 1 aromatic heterocycles. The first-order valence-electron chi connectivity index (χ1n) is 7.61. The van der Waals surface area contributed by atoms with Gasteiger partial charge in [0.15, 0.2) is 5.82 Å². The van der Waals surface area contributed by atoms with E-state index >= 15 is 0 Å². The summed E-state index contributed by atoms with van der Waals surface area (Å²) in [7, 11) is 0. The standard InChI is InChI=1S/C15H20N6O/c22-15(10-14-17-19-20-18-14)16-11-13(21-8-4-5-9-21)12-6-2-1-3-7-12/h1-3,6-7,13H,4-5,8-11H2,(H,16,22)(H,17,18,19,20). The number of tetrazole rings is 1. The zero-order chi connectivity index (χ0) is 15.2. The van der Waals surface area contributed by atoms with Crippen molar-refractivity contribution in [3.05, 3.63) is 41.7 Å². The van der Waals surface area contributed by atoms with E-state index in [4.69, 9.17) is 0 Å². The maximum absolute atomic E-state index is 12.0. The number of aromatic nitrogens is 4. The summed E-state index contributed by atoms with van der Waals surface area (Å²) >= 11 is 0. The maximum Gasteiger partial charge on any atom is 0.227 e. The molecule has 0 bridgehead atoms. The molecule has 22 heavy (non-hydrogen) atoms. The number of nitrogens with one attached hydrogen (secondary N) is 2. The summed E-state index contributed by atoms with van der Waals surface area (Å²) in [5, 5.41) is 16.4. The molecule has 0 saturated carbocycles. The summed E-state index contributed by atoms with van der Waals surface area (Å²) in [5.74, 6) is 0.330. The monoisotopic (exact) mass is 300 g/mol. The second-order valence-electron chi connectivity index (χ2n) is 5.48. The van der Waals surface area contributed by atoms with Crippen LogP contribution in [0.25, 0.3) is 0 Å². The molecule has 2 aromatic rings. The molecule has 0 spiro atoms. The van der Waals surface area contributed by atoms with Crippen molar-refractivity contribution in [2.75, 3.05) is 19.6 Å². The normalized spacial score (nSPS) is 16.5. The van der Waals surface area contributed by atoms with E-state index in [0.29, 0.717) is 12.4 Å². The summed E-state index contributed by atoms with van der Waals surface area (Å²) in [4.78, 5) is 14.4. The van der Waals surface area contributed by atoms with Gasteiger partial charge < -0.3 is 5.32 Å². The van der Waals surface area contributed by atoms with Crippen molar-refractivity contribution in [2.45, 2.75) is 25.3 Å². The molecule has 116 valence electrons. The number of carbonyl (C=O) groups is 1. The highest BCUT2D eigenvalue weighted by Gasteiger charge is 2.23. The Hall–Kier alpha value is -2.28. The molecule has 0 aliphatic carbocycles. The molecule has 0 radical (unpaired) electrons. The molecule has 1 amide bonds. The van der Waals surface area contributed by atoms with Crippen LogP contribution in [0.3, 0.4) is 0 Å². The Morgan fingerprint density at radius 3 is 2.73 bits per heavy atom. The van der Waals surface area contributed by atoms with Crippen molar-refractivity contribution in [3.8, 4) is 0 Å². The number of aromatic amines is 1. The number of benzene rings is 1. The van der Waals surface area contributed by atoms with E-state index in [1.165, 1.54) is 18.4 Å². The SMILES string of the molecule is O=C(Cc1nn[nH]n1)NCC(c1ccccc1)N1CCCC1. The molecule has 2 heterocycles. The van der Waals surface area contributed by atoms with Gasteiger partial charge in [-0.25, -0.2) is 0 Å². The third-order valence-corrected chi connectivity index (χ3v) is 3.97. The minimum atomic E-state index is -0.0819. The van der Waals surface area contributed by atoms with E-state index in [-0.39, 0.29) is 18.4 Å². The molecule has 3 rings (SSSR count). The van der Waals surface area contributed by atoms with Crippen molar-refractivity contribution >= 4 is 5.91 Å². The number of amides is 1. The minimum Gasteiger partial charge on any atom is -0.354 e. The average Bonchev–Trinajstić information content (AvgIpc) is 3.22. The van der Waals surface area contributed by atoms with Gasteiger partial charge in [-0.3, -0.25) is 9.69 Å². The third-order valence-electron chi connectivity index (χ3n) is 3.97. The molecule has 1 unspecified atom stereocenters. The molecule has 1 fully saturated rings. The zero-order valence-electron chi connectivity index (χ0n) is 12.4. The van der Waals surface area contributed by atoms with Gasteiger partial charge in [-0.2, -0.15) is 5.21 Å². The lowest BCUT2D eigenvalue weighted by molar-refractivity contribution is -0.120. The van der Waals surface area contributed by atoms with Crippen LogP contribution in [0.2, 0.25) is 0 Å². The Morgan fingerprint density at radius 1 is 1.27 bits per heavy atom. The van der Waals surface area contributed by atoms with Crippen LogP contribution in [0.15, 0.2) is 30.3 Å². The van der Waals surface area contributed by atoms with E-state index in [1.54, 1.807) is 0 Å². The average molecular weight is 300 g/mol. The van der Waals surface area contributed by atoms with Crippen LogP contribution in [-0.4, -0.2) is 51.1 Å². The van der Waals surface area contributed by atoms with Gasteiger partial charge in [0.1, 0.15) is 0 Å². The van der Waals surface area contributed by atoms with Gasteiger partial charge in [0.25, 0.3) is 0 Å². The predicted molar refractivity (Wildman–Crippen MR) is 80.9 cm³/mol. The summed E-state index contributed by atoms with van der Waals surface area (Å²) in [5.41, 5.74) is 1.24. The zero-order valence-corrected chi connectivity index (χ0v) is 12.4. The first-order valence-corrected chi connectivity index (χ1v) is 7.61. The topological polar surface area (TPSA) is 86.8 Å². The van der Waals surface area contributed by atoms with Crippen molar-refractivity contribution < 1.29 is 4.79 Å². The number of rotatable bonds is 6. The second kappa shape index (κ2) is 7.13. The Kier molecular flexibility index (Phi) is 4.75. The van der Waals surface area contributed by atoms with Crippen molar-refractivity contribution in [1.82, 2.24) is 30.8 Å². The highest BCUT2D eigenvalue weighted by molar-refractivity contribution is 5.77. The minimum absolute atomic E-state index is 0.0819. The van der Waals surface area contributed by atoms with Crippen LogP contribution >= 0.6 is 0 Å². The first kappa shape index (κ1) is 14.6. The van der Waals surface area contributed by atoms with Crippen LogP contribution in [0, 0.1) is 0 Å². The molecule has 2 N–H and O–H groups in total. The predicted octanol–water partition coefficient (Wildman–Crippen LogP) is 0.695. The fraction of sp³-hybridized carbons (Fsp3) is 0.467. The van der Waals surface area contributed by atoms with Gasteiger partial charge in [-0.05, 0) is 31.5 Å². The fourth-order valence-corrected chi connectivity index (χ4v) is 2.86. The summed E-state index contributed by atoms with van der Waals surface area (Å²) in [6.07, 6.45) is 2.60. The van der Waals surface area contributed by atoms with Gasteiger partial charge in [0, 0.05) is 6.54 Å². The number of hydrogen-bond donors (Lipinski definition) is 2. The van der Waals surface area contributed by atoms with E-state index in [2.05, 4.69) is 43.0 Å². The first-order chi connectivity index (χ1) is 10.8. The van der Waals surface area contributed by atoms with E-state index in [9.17, 15) is 4.79 Å². The van der Waals surface area contributed by atoms with Gasteiger partial charge in [-0.15, -0.1) is 10.2 Å². The number of H-pyrrole nitrogens is 1. The molecule has 1 aliphatic rings. The Labute approximate surface area is 129 Å². The molecular weight excluding hydrogens is 280 g/mol. The molecule has 7 heteroatoms.